The minimum Gasteiger partial charge on any atom is -0.445 e. The van der Waals surface area contributed by atoms with Crippen molar-refractivity contribution < 1.29 is 9.53 Å². The van der Waals surface area contributed by atoms with E-state index in [-0.39, 0.29) is 6.10 Å². The number of carbonyl (C=O) groups is 1. The Morgan fingerprint density at radius 3 is 3.09 bits per heavy atom. The second kappa shape index (κ2) is 4.18. The lowest BCUT2D eigenvalue weighted by Gasteiger charge is -2.12. The highest BCUT2D eigenvalue weighted by Gasteiger charge is 2.13. The van der Waals surface area contributed by atoms with Crippen LogP contribution in [0, 0.1) is 0 Å². The third-order valence-corrected chi connectivity index (χ3v) is 1.78. The Kier molecular flexibility index (Phi) is 3.16. The Morgan fingerprint density at radius 1 is 1.55 bits per heavy atom. The molecule has 4 nitrogen and oxygen atoms in total. The van der Waals surface area contributed by atoms with E-state index in [2.05, 4.69) is 5.32 Å². The minimum atomic E-state index is -0.668. The third-order valence-electron chi connectivity index (χ3n) is 1.78. The predicted octanol–water partition coefficient (Wildman–Crippen LogP) is 0.224. The molecule has 3 N–H and O–H groups in total. The zero-order valence-corrected chi connectivity index (χ0v) is 6.51. The van der Waals surface area contributed by atoms with Crippen LogP contribution in [0.4, 0.5) is 4.79 Å². The van der Waals surface area contributed by atoms with Crippen LogP contribution >= 0.6 is 0 Å². The molecule has 11 heavy (non-hydrogen) atoms. The van der Waals surface area contributed by atoms with Gasteiger partial charge in [0.2, 0.25) is 0 Å². The molecule has 1 atom stereocenters. The Morgan fingerprint density at radius 2 is 2.36 bits per heavy atom. The Bertz CT molecular complexity index is 130. The Hall–Kier alpha value is -0.770. The molecule has 1 heterocycles. The van der Waals surface area contributed by atoms with Gasteiger partial charge in [-0.25, -0.2) is 4.79 Å². The number of primary amides is 1. The lowest BCUT2D eigenvalue weighted by Crippen LogP contribution is -2.31. The third kappa shape index (κ3) is 3.23. The highest BCUT2D eigenvalue weighted by atomic mass is 16.6. The number of amides is 1. The van der Waals surface area contributed by atoms with E-state index in [1.54, 1.807) is 0 Å². The number of rotatable bonds is 1. The molecule has 0 spiro atoms. The maximum absolute atomic E-state index is 10.4. The molecule has 0 bridgehead atoms. The second-order valence-corrected chi connectivity index (χ2v) is 2.76. The summed E-state index contributed by atoms with van der Waals surface area (Å²) in [6.07, 6.45) is 2.49. The fourth-order valence-corrected chi connectivity index (χ4v) is 1.25. The first-order valence-corrected chi connectivity index (χ1v) is 3.96. The lowest BCUT2D eigenvalue weighted by molar-refractivity contribution is 0.103. The molecule has 0 aromatic heterocycles. The summed E-state index contributed by atoms with van der Waals surface area (Å²) in [5.74, 6) is 0. The Labute approximate surface area is 66.1 Å². The van der Waals surface area contributed by atoms with Crippen molar-refractivity contribution in [3.8, 4) is 0 Å². The average molecular weight is 158 g/mol. The number of ether oxygens (including phenoxy) is 1. The molecule has 0 radical (unpaired) electrons. The van der Waals surface area contributed by atoms with Gasteiger partial charge in [0.05, 0.1) is 0 Å². The first kappa shape index (κ1) is 8.33. The van der Waals surface area contributed by atoms with Crippen LogP contribution in [-0.4, -0.2) is 25.3 Å². The molecule has 4 heteroatoms. The highest BCUT2D eigenvalue weighted by molar-refractivity contribution is 5.64. The van der Waals surface area contributed by atoms with E-state index < -0.39 is 6.09 Å². The molecule has 64 valence electrons. The van der Waals surface area contributed by atoms with E-state index in [9.17, 15) is 4.79 Å². The largest absolute Gasteiger partial charge is 0.445 e. The lowest BCUT2D eigenvalue weighted by atomic mass is 10.2. The summed E-state index contributed by atoms with van der Waals surface area (Å²) in [5, 5.41) is 3.17. The summed E-state index contributed by atoms with van der Waals surface area (Å²) in [6.45, 7) is 1.75. The number of nitrogens with two attached hydrogens (primary N) is 1. The zero-order chi connectivity index (χ0) is 8.10. The standard InChI is InChI=1S/C7H14N2O2/c8-7(10)11-6-3-1-2-4-9-5-6/h6,9H,1-5H2,(H2,8,10)/t6-/m1/s1. The maximum atomic E-state index is 10.4. The number of nitrogens with one attached hydrogen (secondary N) is 1. The molecular formula is C7H14N2O2. The van der Waals surface area contributed by atoms with Crippen LogP contribution in [0.1, 0.15) is 19.3 Å². The van der Waals surface area contributed by atoms with Gasteiger partial charge in [0.15, 0.2) is 0 Å². The SMILES string of the molecule is NC(=O)O[C@@H]1CCCCNC1. The smallest absolute Gasteiger partial charge is 0.404 e. The van der Waals surface area contributed by atoms with E-state index in [0.29, 0.717) is 0 Å². The van der Waals surface area contributed by atoms with Crippen molar-refractivity contribution >= 4 is 6.09 Å². The van der Waals surface area contributed by atoms with Crippen molar-refractivity contribution in [2.45, 2.75) is 25.4 Å². The van der Waals surface area contributed by atoms with Gasteiger partial charge in [-0.05, 0) is 25.8 Å². The quantitative estimate of drug-likeness (QED) is 0.574. The number of hydrogen-bond donors (Lipinski definition) is 2. The maximum Gasteiger partial charge on any atom is 0.404 e. The molecule has 1 fully saturated rings. The summed E-state index contributed by atoms with van der Waals surface area (Å²) in [4.78, 5) is 10.4. The van der Waals surface area contributed by atoms with Gasteiger partial charge in [-0.1, -0.05) is 0 Å². The highest BCUT2D eigenvalue weighted by Crippen LogP contribution is 2.07. The van der Waals surface area contributed by atoms with Gasteiger partial charge < -0.3 is 15.8 Å². The van der Waals surface area contributed by atoms with E-state index in [0.717, 1.165) is 32.4 Å². The van der Waals surface area contributed by atoms with Crippen molar-refractivity contribution in [2.75, 3.05) is 13.1 Å². The summed E-state index contributed by atoms with van der Waals surface area (Å²) < 4.78 is 4.85. The van der Waals surface area contributed by atoms with Crippen molar-refractivity contribution in [1.29, 1.82) is 0 Å². The van der Waals surface area contributed by atoms with Gasteiger partial charge in [0.1, 0.15) is 6.10 Å². The van der Waals surface area contributed by atoms with Crippen LogP contribution in [-0.2, 0) is 4.74 Å². The van der Waals surface area contributed by atoms with Gasteiger partial charge in [0, 0.05) is 6.54 Å². The van der Waals surface area contributed by atoms with Crippen LogP contribution in [0.3, 0.4) is 0 Å². The van der Waals surface area contributed by atoms with Crippen molar-refractivity contribution in [3.05, 3.63) is 0 Å². The van der Waals surface area contributed by atoms with Crippen LogP contribution in [0.15, 0.2) is 0 Å². The fraction of sp³-hybridized carbons (Fsp3) is 0.857. The zero-order valence-electron chi connectivity index (χ0n) is 6.51. The Balaban J connectivity index is 2.25. The molecular weight excluding hydrogens is 144 g/mol. The van der Waals surface area contributed by atoms with Crippen molar-refractivity contribution in [3.63, 3.8) is 0 Å². The van der Waals surface area contributed by atoms with Crippen LogP contribution in [0.2, 0.25) is 0 Å². The molecule has 1 rings (SSSR count). The molecule has 0 aliphatic carbocycles. The molecule has 0 aromatic rings. The van der Waals surface area contributed by atoms with Crippen LogP contribution in [0.25, 0.3) is 0 Å². The molecule has 0 unspecified atom stereocenters. The van der Waals surface area contributed by atoms with Gasteiger partial charge in [-0.2, -0.15) is 0 Å². The number of carbonyl (C=O) groups excluding carboxylic acids is 1. The first-order valence-electron chi connectivity index (χ1n) is 3.96. The normalized spacial score (nSPS) is 25.6. The summed E-state index contributed by atoms with van der Waals surface area (Å²) >= 11 is 0. The van der Waals surface area contributed by atoms with Gasteiger partial charge in [-0.15, -0.1) is 0 Å². The van der Waals surface area contributed by atoms with Crippen LogP contribution in [0.5, 0.6) is 0 Å². The topological polar surface area (TPSA) is 64.4 Å². The molecule has 1 aliphatic rings. The van der Waals surface area contributed by atoms with Gasteiger partial charge in [-0.3, -0.25) is 0 Å². The van der Waals surface area contributed by atoms with E-state index >= 15 is 0 Å². The van der Waals surface area contributed by atoms with Crippen LogP contribution < -0.4 is 11.1 Å². The van der Waals surface area contributed by atoms with Crippen molar-refractivity contribution in [2.24, 2.45) is 5.73 Å². The molecule has 0 saturated carbocycles. The van der Waals surface area contributed by atoms with Gasteiger partial charge in [0.25, 0.3) is 0 Å². The summed E-state index contributed by atoms with van der Waals surface area (Å²) in [6, 6.07) is 0. The summed E-state index contributed by atoms with van der Waals surface area (Å²) in [7, 11) is 0. The average Bonchev–Trinajstić information content (AvgIpc) is 2.14. The molecule has 0 aromatic carbocycles. The van der Waals surface area contributed by atoms with Crippen molar-refractivity contribution in [1.82, 2.24) is 5.32 Å². The fourth-order valence-electron chi connectivity index (χ4n) is 1.25. The number of hydrogen-bond acceptors (Lipinski definition) is 3. The minimum absolute atomic E-state index is 0.0185. The van der Waals surface area contributed by atoms with E-state index in [4.69, 9.17) is 10.5 Å². The van der Waals surface area contributed by atoms with E-state index in [1.807, 2.05) is 0 Å². The molecule has 1 amide bonds. The first-order chi connectivity index (χ1) is 5.29. The summed E-state index contributed by atoms with van der Waals surface area (Å²) in [5.41, 5.74) is 4.89. The van der Waals surface area contributed by atoms with Gasteiger partial charge >= 0.3 is 6.09 Å². The second-order valence-electron chi connectivity index (χ2n) is 2.76. The molecule has 1 aliphatic heterocycles. The monoisotopic (exact) mass is 158 g/mol. The molecule has 1 saturated heterocycles. The van der Waals surface area contributed by atoms with E-state index in [1.165, 1.54) is 0 Å². The predicted molar refractivity (Wildman–Crippen MR) is 41.2 cm³/mol.